The largest absolute Gasteiger partial charge is 0.314 e. The minimum absolute atomic E-state index is 0.355. The average molecular weight is 219 g/mol. The lowest BCUT2D eigenvalue weighted by molar-refractivity contribution is 0.532. The third-order valence-corrected chi connectivity index (χ3v) is 4.39. The van der Waals surface area contributed by atoms with E-state index < -0.39 is 10.8 Å². The van der Waals surface area contributed by atoms with Crippen LogP contribution in [-0.2, 0) is 10.8 Å². The second-order valence-corrected chi connectivity index (χ2v) is 5.92. The summed E-state index contributed by atoms with van der Waals surface area (Å²) in [6.45, 7) is 9.57. The van der Waals surface area contributed by atoms with Crippen molar-refractivity contribution in [3.63, 3.8) is 0 Å². The van der Waals surface area contributed by atoms with Crippen molar-refractivity contribution >= 4 is 10.8 Å². The van der Waals surface area contributed by atoms with Crippen LogP contribution in [0, 0.1) is 0 Å². The SMILES string of the molecule is CCCNC(C)CCS(=O)C(C)CC. The zero-order valence-electron chi connectivity index (χ0n) is 10.0. The monoisotopic (exact) mass is 219 g/mol. The highest BCUT2D eigenvalue weighted by Gasteiger charge is 2.10. The molecule has 0 spiro atoms. The van der Waals surface area contributed by atoms with Gasteiger partial charge in [-0.1, -0.05) is 20.8 Å². The van der Waals surface area contributed by atoms with Crippen molar-refractivity contribution in [1.29, 1.82) is 0 Å². The molecule has 3 heteroatoms. The number of nitrogens with one attached hydrogen (secondary N) is 1. The van der Waals surface area contributed by atoms with Crippen molar-refractivity contribution in [2.24, 2.45) is 0 Å². The molecule has 0 saturated heterocycles. The van der Waals surface area contributed by atoms with Gasteiger partial charge in [-0.2, -0.15) is 0 Å². The molecule has 0 radical (unpaired) electrons. The van der Waals surface area contributed by atoms with Crippen LogP contribution in [0.5, 0.6) is 0 Å². The summed E-state index contributed by atoms with van der Waals surface area (Å²) in [4.78, 5) is 0. The molecule has 0 heterocycles. The topological polar surface area (TPSA) is 29.1 Å². The number of hydrogen-bond donors (Lipinski definition) is 1. The van der Waals surface area contributed by atoms with Crippen LogP contribution in [0.25, 0.3) is 0 Å². The second kappa shape index (κ2) is 8.42. The molecule has 2 nitrogen and oxygen atoms in total. The normalized spacial score (nSPS) is 17.7. The Morgan fingerprint density at radius 2 is 1.93 bits per heavy atom. The predicted molar refractivity (Wildman–Crippen MR) is 65.1 cm³/mol. The van der Waals surface area contributed by atoms with E-state index in [2.05, 4.69) is 33.0 Å². The second-order valence-electron chi connectivity index (χ2n) is 3.95. The van der Waals surface area contributed by atoms with E-state index in [0.717, 1.165) is 25.1 Å². The Balaban J connectivity index is 3.55. The maximum absolute atomic E-state index is 11.6. The summed E-state index contributed by atoms with van der Waals surface area (Å²) in [6.07, 6.45) is 3.21. The molecule has 0 amide bonds. The summed E-state index contributed by atoms with van der Waals surface area (Å²) in [6, 6.07) is 0.503. The molecule has 0 fully saturated rings. The van der Waals surface area contributed by atoms with Crippen LogP contribution in [0.2, 0.25) is 0 Å². The van der Waals surface area contributed by atoms with Crippen LogP contribution in [0.4, 0.5) is 0 Å². The Hall–Kier alpha value is 0.110. The first-order chi connectivity index (χ1) is 6.61. The third-order valence-electron chi connectivity index (χ3n) is 2.52. The minimum Gasteiger partial charge on any atom is -0.314 e. The van der Waals surface area contributed by atoms with Gasteiger partial charge in [0.05, 0.1) is 0 Å². The summed E-state index contributed by atoms with van der Waals surface area (Å²) in [5.74, 6) is 0.840. The van der Waals surface area contributed by atoms with Crippen molar-refractivity contribution in [3.05, 3.63) is 0 Å². The van der Waals surface area contributed by atoms with Gasteiger partial charge < -0.3 is 5.32 Å². The molecule has 0 aliphatic rings. The van der Waals surface area contributed by atoms with Gasteiger partial charge in [0.15, 0.2) is 0 Å². The maximum atomic E-state index is 11.6. The minimum atomic E-state index is -0.631. The fourth-order valence-corrected chi connectivity index (χ4v) is 2.53. The predicted octanol–water partition coefficient (Wildman–Crippen LogP) is 2.31. The van der Waals surface area contributed by atoms with Crippen molar-refractivity contribution in [1.82, 2.24) is 5.32 Å². The third kappa shape index (κ3) is 6.55. The van der Waals surface area contributed by atoms with Crippen LogP contribution in [0.15, 0.2) is 0 Å². The Labute approximate surface area is 91.3 Å². The van der Waals surface area contributed by atoms with Crippen molar-refractivity contribution < 1.29 is 4.21 Å². The molecule has 0 bridgehead atoms. The fourth-order valence-electron chi connectivity index (χ4n) is 1.17. The molecule has 0 aromatic carbocycles. The van der Waals surface area contributed by atoms with E-state index in [4.69, 9.17) is 0 Å². The first kappa shape index (κ1) is 14.1. The van der Waals surface area contributed by atoms with Gasteiger partial charge in [-0.25, -0.2) is 0 Å². The molecular formula is C11H25NOS. The van der Waals surface area contributed by atoms with E-state index in [1.165, 1.54) is 6.42 Å². The molecule has 0 aromatic heterocycles. The van der Waals surface area contributed by atoms with E-state index in [1.807, 2.05) is 0 Å². The smallest absolute Gasteiger partial charge is 0.0317 e. The van der Waals surface area contributed by atoms with Gasteiger partial charge in [0.25, 0.3) is 0 Å². The Morgan fingerprint density at radius 1 is 1.29 bits per heavy atom. The quantitative estimate of drug-likeness (QED) is 0.679. The first-order valence-electron chi connectivity index (χ1n) is 5.72. The Morgan fingerprint density at radius 3 is 2.43 bits per heavy atom. The highest BCUT2D eigenvalue weighted by atomic mass is 32.2. The highest BCUT2D eigenvalue weighted by Crippen LogP contribution is 2.03. The maximum Gasteiger partial charge on any atom is 0.0317 e. The van der Waals surface area contributed by atoms with Gasteiger partial charge in [-0.3, -0.25) is 4.21 Å². The van der Waals surface area contributed by atoms with Crippen LogP contribution in [0.3, 0.4) is 0 Å². The molecular weight excluding hydrogens is 194 g/mol. The lowest BCUT2D eigenvalue weighted by Crippen LogP contribution is -2.29. The Bertz CT molecular complexity index is 161. The van der Waals surface area contributed by atoms with Crippen LogP contribution in [0.1, 0.15) is 47.0 Å². The molecule has 0 saturated carbocycles. The zero-order valence-corrected chi connectivity index (χ0v) is 10.8. The molecule has 14 heavy (non-hydrogen) atoms. The molecule has 86 valence electrons. The zero-order chi connectivity index (χ0) is 11.0. The van der Waals surface area contributed by atoms with Gasteiger partial charge in [0.2, 0.25) is 0 Å². The lowest BCUT2D eigenvalue weighted by atomic mass is 10.2. The van der Waals surface area contributed by atoms with E-state index >= 15 is 0 Å². The van der Waals surface area contributed by atoms with Crippen molar-refractivity contribution in [2.45, 2.75) is 58.2 Å². The van der Waals surface area contributed by atoms with Gasteiger partial charge in [-0.15, -0.1) is 0 Å². The fraction of sp³-hybridized carbons (Fsp3) is 1.00. The summed E-state index contributed by atoms with van der Waals surface area (Å²) in [5, 5.41) is 3.77. The van der Waals surface area contributed by atoms with E-state index in [9.17, 15) is 4.21 Å². The lowest BCUT2D eigenvalue weighted by Gasteiger charge is -2.14. The highest BCUT2D eigenvalue weighted by molar-refractivity contribution is 7.85. The van der Waals surface area contributed by atoms with E-state index in [1.54, 1.807) is 0 Å². The molecule has 0 aliphatic carbocycles. The van der Waals surface area contributed by atoms with E-state index in [0.29, 0.717) is 11.3 Å². The summed E-state index contributed by atoms with van der Waals surface area (Å²) >= 11 is 0. The van der Waals surface area contributed by atoms with Crippen molar-refractivity contribution in [2.75, 3.05) is 12.3 Å². The first-order valence-corrected chi connectivity index (χ1v) is 7.10. The van der Waals surface area contributed by atoms with Crippen molar-refractivity contribution in [3.8, 4) is 0 Å². The molecule has 0 rings (SSSR count). The molecule has 0 aliphatic heterocycles. The van der Waals surface area contributed by atoms with Crippen LogP contribution in [-0.4, -0.2) is 27.8 Å². The molecule has 0 aromatic rings. The van der Waals surface area contributed by atoms with E-state index in [-0.39, 0.29) is 0 Å². The molecule has 1 N–H and O–H groups in total. The molecule has 3 atom stereocenters. The van der Waals surface area contributed by atoms with Gasteiger partial charge in [0.1, 0.15) is 0 Å². The van der Waals surface area contributed by atoms with Gasteiger partial charge in [-0.05, 0) is 32.7 Å². The number of rotatable bonds is 8. The summed E-state index contributed by atoms with van der Waals surface area (Å²) in [5.41, 5.74) is 0. The summed E-state index contributed by atoms with van der Waals surface area (Å²) < 4.78 is 11.6. The standard InChI is InChI=1S/C11H25NOS/c1-5-8-12-10(3)7-9-14(13)11(4)6-2/h10-12H,5-9H2,1-4H3. The van der Waals surface area contributed by atoms with Gasteiger partial charge >= 0.3 is 0 Å². The summed E-state index contributed by atoms with van der Waals surface area (Å²) in [7, 11) is -0.631. The average Bonchev–Trinajstić information content (AvgIpc) is 2.21. The van der Waals surface area contributed by atoms with Crippen LogP contribution < -0.4 is 5.32 Å². The van der Waals surface area contributed by atoms with Gasteiger partial charge in [0, 0.05) is 27.8 Å². The Kier molecular flexibility index (Phi) is 8.49. The number of hydrogen-bond acceptors (Lipinski definition) is 2. The van der Waals surface area contributed by atoms with Crippen LogP contribution >= 0.6 is 0 Å². The molecule has 3 unspecified atom stereocenters.